The van der Waals surface area contributed by atoms with Crippen LogP contribution in [0.25, 0.3) is 0 Å². The lowest BCUT2D eigenvalue weighted by Crippen LogP contribution is -2.22. The smallest absolute Gasteiger partial charge is 0.348 e. The molecular weight excluding hydrogens is 460 g/mol. The molecule has 2 aromatic heterocycles. The Bertz CT molecular complexity index is 1180. The summed E-state index contributed by atoms with van der Waals surface area (Å²) in [4.78, 5) is 47.6. The molecule has 0 aromatic carbocycles. The van der Waals surface area contributed by atoms with Crippen LogP contribution in [0.4, 0.5) is 0 Å². The van der Waals surface area contributed by atoms with Crippen molar-refractivity contribution in [1.82, 2.24) is 10.9 Å². The van der Waals surface area contributed by atoms with Crippen molar-refractivity contribution in [1.29, 1.82) is 0 Å². The Balaban J connectivity index is 1.74. The van der Waals surface area contributed by atoms with Crippen molar-refractivity contribution in [3.63, 3.8) is 0 Å². The van der Waals surface area contributed by atoms with Crippen LogP contribution in [-0.4, -0.2) is 33.5 Å². The predicted molar refractivity (Wildman–Crippen MR) is 127 cm³/mol. The molecule has 0 unspecified atom stereocenters. The lowest BCUT2D eigenvalue weighted by molar-refractivity contribution is -0.121. The maximum Gasteiger partial charge on any atom is 0.348 e. The second kappa shape index (κ2) is 12.3. The molecule has 35 heavy (non-hydrogen) atoms. The van der Waals surface area contributed by atoms with Gasteiger partial charge in [0, 0.05) is 25.0 Å². The minimum Gasteiger partial charge on any atom is -0.507 e. The highest BCUT2D eigenvalue weighted by molar-refractivity contribution is 6.01. The Hall–Kier alpha value is -4.22. The Labute approximate surface area is 200 Å². The van der Waals surface area contributed by atoms with Crippen LogP contribution < -0.4 is 22.1 Å². The number of nitrogens with one attached hydrogen (secondary N) is 2. The maximum absolute atomic E-state index is 12.0. The first kappa shape index (κ1) is 27.0. The number of rotatable bonds is 10. The van der Waals surface area contributed by atoms with Crippen LogP contribution in [0.2, 0.25) is 0 Å². The average Bonchev–Trinajstić information content (AvgIpc) is 2.74. The topological polar surface area (TPSA) is 184 Å². The number of unbranched alkanes of at least 4 members (excludes halogenated alkanes) is 2. The lowest BCUT2D eigenvalue weighted by atomic mass is 10.1. The first-order valence-electron chi connectivity index (χ1n) is 10.8. The first-order chi connectivity index (χ1) is 16.5. The molecule has 0 saturated carbocycles. The van der Waals surface area contributed by atoms with E-state index in [0.717, 1.165) is 0 Å². The van der Waals surface area contributed by atoms with Crippen molar-refractivity contribution in [2.24, 2.45) is 10.2 Å². The fourth-order valence-electron chi connectivity index (χ4n) is 3.12. The van der Waals surface area contributed by atoms with Crippen LogP contribution in [0, 0.1) is 13.8 Å². The zero-order chi connectivity index (χ0) is 26.1. The summed E-state index contributed by atoms with van der Waals surface area (Å²) in [6.07, 6.45) is 1.86. The summed E-state index contributed by atoms with van der Waals surface area (Å²) >= 11 is 0. The molecule has 0 bridgehead atoms. The molecule has 0 radical (unpaired) electrons. The van der Waals surface area contributed by atoms with Gasteiger partial charge in [-0.15, -0.1) is 0 Å². The summed E-state index contributed by atoms with van der Waals surface area (Å²) in [6.45, 7) is 5.96. The van der Waals surface area contributed by atoms with E-state index >= 15 is 0 Å². The largest absolute Gasteiger partial charge is 0.507 e. The highest BCUT2D eigenvalue weighted by atomic mass is 16.4. The number of aromatic hydroxyl groups is 2. The van der Waals surface area contributed by atoms with Gasteiger partial charge in [0.05, 0.1) is 11.4 Å². The van der Waals surface area contributed by atoms with Crippen LogP contribution in [-0.2, 0) is 9.59 Å². The van der Waals surface area contributed by atoms with E-state index in [1.807, 2.05) is 0 Å². The molecule has 0 aliphatic carbocycles. The van der Waals surface area contributed by atoms with Gasteiger partial charge in [0.2, 0.25) is 11.8 Å². The fraction of sp³-hybridized carbons (Fsp3) is 0.391. The Kier molecular flexibility index (Phi) is 9.50. The van der Waals surface area contributed by atoms with Gasteiger partial charge in [-0.3, -0.25) is 9.59 Å². The number of hydrogen-bond acceptors (Lipinski definition) is 10. The third-order valence-corrected chi connectivity index (χ3v) is 4.84. The number of carbonyl (C=O) groups is 2. The molecule has 2 rings (SSSR count). The van der Waals surface area contributed by atoms with Crippen molar-refractivity contribution in [3.8, 4) is 11.5 Å². The molecule has 12 heteroatoms. The molecule has 0 fully saturated rings. The molecule has 2 aromatic rings. The number of nitrogens with zero attached hydrogens (tertiary/aromatic N) is 2. The van der Waals surface area contributed by atoms with Gasteiger partial charge < -0.3 is 19.0 Å². The van der Waals surface area contributed by atoms with Crippen LogP contribution in [0.1, 0.15) is 68.6 Å². The summed E-state index contributed by atoms with van der Waals surface area (Å²) in [5, 5.41) is 27.4. The number of aryl methyl sites for hydroxylation is 2. The van der Waals surface area contributed by atoms with Crippen LogP contribution >= 0.6 is 0 Å². The van der Waals surface area contributed by atoms with Gasteiger partial charge in [0.1, 0.15) is 34.1 Å². The Morgan fingerprint density at radius 1 is 0.771 bits per heavy atom. The highest BCUT2D eigenvalue weighted by Crippen LogP contribution is 2.16. The molecule has 2 amide bonds. The minimum atomic E-state index is -0.755. The molecule has 0 spiro atoms. The minimum absolute atomic E-state index is 0.105. The fourth-order valence-corrected chi connectivity index (χ4v) is 3.12. The number of hydrazone groups is 2. The Morgan fingerprint density at radius 3 is 1.49 bits per heavy atom. The molecular formula is C23H28N4O8. The first-order valence-corrected chi connectivity index (χ1v) is 10.8. The van der Waals surface area contributed by atoms with Crippen molar-refractivity contribution < 1.29 is 28.6 Å². The van der Waals surface area contributed by atoms with E-state index in [0.29, 0.717) is 19.3 Å². The van der Waals surface area contributed by atoms with E-state index in [1.165, 1.54) is 39.8 Å². The summed E-state index contributed by atoms with van der Waals surface area (Å²) in [7, 11) is 0. The third-order valence-electron chi connectivity index (χ3n) is 4.84. The third kappa shape index (κ3) is 7.95. The zero-order valence-electron chi connectivity index (χ0n) is 19.9. The van der Waals surface area contributed by atoms with Crippen LogP contribution in [0.5, 0.6) is 11.5 Å². The van der Waals surface area contributed by atoms with Gasteiger partial charge in [-0.2, -0.15) is 10.2 Å². The SMILES string of the molecule is C/C(=N\NC(=O)CCCCCC(=O)N/N=C(\C)c1c(O)cc(C)oc1=O)c1c(O)cc(C)oc1=O. The second-order valence-corrected chi connectivity index (χ2v) is 7.83. The molecule has 0 aliphatic heterocycles. The van der Waals surface area contributed by atoms with Crippen molar-refractivity contribution in [2.45, 2.75) is 59.8 Å². The standard InChI is InChI=1S/C23H28N4O8/c1-12-10-16(28)20(22(32)34-12)14(3)24-26-18(30)8-6-5-7-9-19(31)27-25-15(4)21-17(29)11-13(2)35-23(21)33/h10-11,28-29H,5-9H2,1-4H3,(H,26,30)(H,27,31)/b24-14+,25-15+. The molecule has 12 nitrogen and oxygen atoms in total. The molecule has 0 saturated heterocycles. The lowest BCUT2D eigenvalue weighted by Gasteiger charge is -2.05. The van der Waals surface area contributed by atoms with E-state index in [4.69, 9.17) is 8.83 Å². The normalized spacial score (nSPS) is 11.9. The zero-order valence-corrected chi connectivity index (χ0v) is 19.9. The van der Waals surface area contributed by atoms with Gasteiger partial charge in [-0.05, 0) is 40.5 Å². The van der Waals surface area contributed by atoms with Gasteiger partial charge in [0.25, 0.3) is 0 Å². The summed E-state index contributed by atoms with van der Waals surface area (Å²) in [6, 6.07) is 2.56. The number of hydrogen-bond donors (Lipinski definition) is 4. The molecule has 0 atom stereocenters. The van der Waals surface area contributed by atoms with Gasteiger partial charge in [0.15, 0.2) is 0 Å². The molecule has 2 heterocycles. The van der Waals surface area contributed by atoms with E-state index in [1.54, 1.807) is 0 Å². The van der Waals surface area contributed by atoms with Crippen LogP contribution in [0.15, 0.2) is 40.8 Å². The van der Waals surface area contributed by atoms with Gasteiger partial charge >= 0.3 is 11.3 Å². The van der Waals surface area contributed by atoms with Crippen molar-refractivity contribution in [2.75, 3.05) is 0 Å². The Morgan fingerprint density at radius 2 is 1.14 bits per heavy atom. The molecule has 4 N–H and O–H groups in total. The molecule has 0 aliphatic rings. The predicted octanol–water partition coefficient (Wildman–Crippen LogP) is 1.95. The number of amides is 2. The van der Waals surface area contributed by atoms with Crippen molar-refractivity contribution >= 4 is 23.2 Å². The quantitative estimate of drug-likeness (QED) is 0.222. The van der Waals surface area contributed by atoms with Gasteiger partial charge in [-0.25, -0.2) is 20.4 Å². The van der Waals surface area contributed by atoms with E-state index in [2.05, 4.69) is 21.1 Å². The molecule has 188 valence electrons. The van der Waals surface area contributed by atoms with E-state index < -0.39 is 11.3 Å². The summed E-state index contributed by atoms with van der Waals surface area (Å²) in [5.41, 5.74) is 3.08. The summed E-state index contributed by atoms with van der Waals surface area (Å²) < 4.78 is 9.83. The van der Waals surface area contributed by atoms with Crippen LogP contribution in [0.3, 0.4) is 0 Å². The van der Waals surface area contributed by atoms with Crippen molar-refractivity contribution in [3.05, 3.63) is 55.6 Å². The summed E-state index contributed by atoms with van der Waals surface area (Å²) in [5.74, 6) is -0.843. The number of carbonyl (C=O) groups excluding carboxylic acids is 2. The second-order valence-electron chi connectivity index (χ2n) is 7.83. The monoisotopic (exact) mass is 488 g/mol. The maximum atomic E-state index is 12.0. The average molecular weight is 488 g/mol. The van der Waals surface area contributed by atoms with Gasteiger partial charge in [-0.1, -0.05) is 6.42 Å². The van der Waals surface area contributed by atoms with E-state index in [-0.39, 0.29) is 70.2 Å². The van der Waals surface area contributed by atoms with E-state index in [9.17, 15) is 29.4 Å². The highest BCUT2D eigenvalue weighted by Gasteiger charge is 2.14.